The Hall–Kier alpha value is -5.53. The number of halogens is 2. The molecule has 50 heavy (non-hydrogen) atoms. The van der Waals surface area contributed by atoms with Crippen LogP contribution in [0, 0.1) is 17.6 Å². The highest BCUT2D eigenvalue weighted by atomic mass is 19.1. The van der Waals surface area contributed by atoms with E-state index in [0.717, 1.165) is 32.1 Å². The minimum absolute atomic E-state index is 0.0913. The van der Waals surface area contributed by atoms with Crippen LogP contribution in [0.3, 0.4) is 0 Å². The van der Waals surface area contributed by atoms with Crippen LogP contribution in [0.4, 0.5) is 14.5 Å². The number of likely N-dealkylation sites (tertiary alicyclic amines) is 1. The average molecular weight is 685 g/mol. The first-order valence-corrected chi connectivity index (χ1v) is 16.2. The van der Waals surface area contributed by atoms with Crippen molar-refractivity contribution in [1.82, 2.24) is 14.5 Å². The number of aliphatic hydroxyl groups excluding tert-OH is 1. The first-order valence-electron chi connectivity index (χ1n) is 16.2. The van der Waals surface area contributed by atoms with Gasteiger partial charge in [0.2, 0.25) is 0 Å². The van der Waals surface area contributed by atoms with Crippen LogP contribution in [-0.4, -0.2) is 72.0 Å². The summed E-state index contributed by atoms with van der Waals surface area (Å²) in [4.78, 5) is 33.6. The van der Waals surface area contributed by atoms with Crippen LogP contribution >= 0.6 is 0 Å². The quantitative estimate of drug-likeness (QED) is 0.168. The van der Waals surface area contributed by atoms with E-state index < -0.39 is 23.1 Å². The minimum atomic E-state index is -0.779. The summed E-state index contributed by atoms with van der Waals surface area (Å²) in [6.07, 6.45) is 4.41. The maximum atomic E-state index is 15.4. The molecule has 258 valence electrons. The lowest BCUT2D eigenvalue weighted by molar-refractivity contribution is 0.0502. The first kappa shape index (κ1) is 33.0. The summed E-state index contributed by atoms with van der Waals surface area (Å²) in [7, 11) is 1.53. The Balaban J connectivity index is 1.07. The number of nitrogens with one attached hydrogen (secondary N) is 1. The van der Waals surface area contributed by atoms with Gasteiger partial charge in [-0.15, -0.1) is 0 Å². The van der Waals surface area contributed by atoms with Crippen molar-refractivity contribution < 1.29 is 37.6 Å². The van der Waals surface area contributed by atoms with E-state index in [4.69, 9.17) is 18.9 Å². The largest absolute Gasteiger partial charge is 0.493 e. The number of hydrogen-bond donors (Lipinski definition) is 2. The Morgan fingerprint density at radius 2 is 1.86 bits per heavy atom. The normalized spacial score (nSPS) is 14.2. The predicted molar refractivity (Wildman–Crippen MR) is 181 cm³/mol. The third-order valence-corrected chi connectivity index (χ3v) is 8.75. The van der Waals surface area contributed by atoms with Gasteiger partial charge in [0.05, 0.1) is 25.8 Å². The molecule has 0 unspecified atom stereocenters. The predicted octanol–water partition coefficient (Wildman–Crippen LogP) is 5.35. The number of amides is 1. The first-order chi connectivity index (χ1) is 24.3. The molecule has 7 rings (SSSR count). The van der Waals surface area contributed by atoms with E-state index in [0.29, 0.717) is 65.0 Å². The topological polar surface area (TPSA) is 124 Å². The minimum Gasteiger partial charge on any atom is -0.493 e. The summed E-state index contributed by atoms with van der Waals surface area (Å²) in [6.45, 7) is 3.64. The number of fused-ring (bicyclic) bond motifs is 2. The van der Waals surface area contributed by atoms with Gasteiger partial charge in [0, 0.05) is 85.4 Å². The van der Waals surface area contributed by atoms with Crippen LogP contribution < -0.4 is 29.8 Å². The van der Waals surface area contributed by atoms with Crippen LogP contribution in [0.15, 0.2) is 77.9 Å². The van der Waals surface area contributed by atoms with Gasteiger partial charge in [-0.3, -0.25) is 19.1 Å². The summed E-state index contributed by atoms with van der Waals surface area (Å²) in [5.74, 6) is -0.263. The Morgan fingerprint density at radius 1 is 1.04 bits per heavy atom. The van der Waals surface area contributed by atoms with Crippen molar-refractivity contribution >= 4 is 22.5 Å². The molecule has 4 heterocycles. The Kier molecular flexibility index (Phi) is 9.33. The summed E-state index contributed by atoms with van der Waals surface area (Å²) >= 11 is 0. The maximum Gasteiger partial charge on any atom is 0.271 e. The molecule has 1 saturated heterocycles. The van der Waals surface area contributed by atoms with Crippen molar-refractivity contribution in [2.45, 2.75) is 12.8 Å². The van der Waals surface area contributed by atoms with Crippen molar-refractivity contribution in [1.29, 1.82) is 0 Å². The van der Waals surface area contributed by atoms with E-state index >= 15 is 4.39 Å². The molecule has 0 saturated carbocycles. The smallest absolute Gasteiger partial charge is 0.271 e. The fraction of sp³-hybridized carbons (Fsp3) is 0.270. The van der Waals surface area contributed by atoms with E-state index in [1.807, 2.05) is 0 Å². The van der Waals surface area contributed by atoms with Gasteiger partial charge in [0.15, 0.2) is 23.1 Å². The van der Waals surface area contributed by atoms with E-state index in [9.17, 15) is 19.1 Å². The molecule has 3 aromatic carbocycles. The monoisotopic (exact) mass is 684 g/mol. The molecule has 0 aliphatic carbocycles. The zero-order chi connectivity index (χ0) is 34.8. The second-order valence-electron chi connectivity index (χ2n) is 12.1. The molecule has 2 N–H and O–H groups in total. The number of nitrogens with zero attached hydrogens (tertiary/aromatic N) is 3. The van der Waals surface area contributed by atoms with E-state index in [1.165, 1.54) is 48.1 Å². The molecule has 0 atom stereocenters. The van der Waals surface area contributed by atoms with Crippen molar-refractivity contribution in [2.75, 3.05) is 51.9 Å². The van der Waals surface area contributed by atoms with Crippen LogP contribution in [0.2, 0.25) is 0 Å². The van der Waals surface area contributed by atoms with Crippen molar-refractivity contribution in [2.24, 2.45) is 5.92 Å². The number of carbonyl (C=O) groups excluding carboxylic acids is 1. The van der Waals surface area contributed by atoms with E-state index in [-0.39, 0.29) is 29.4 Å². The summed E-state index contributed by atoms with van der Waals surface area (Å²) in [5.41, 5.74) is 0.779. The third kappa shape index (κ3) is 6.69. The van der Waals surface area contributed by atoms with Crippen molar-refractivity contribution in [3.8, 4) is 34.4 Å². The number of anilines is 1. The fourth-order valence-electron chi connectivity index (χ4n) is 6.16. The second-order valence-corrected chi connectivity index (χ2v) is 12.1. The standard InChI is InChI=1S/C37H34F2N4O7/c1-47-32-16-27-29(17-33(32)48-13-2-12-42-18-22(19-42)21-44)40-11-9-30(27)50-31-8-5-25(15-28(31)39)41-36(45)34-35-23(10-14-49-35)20-43(37(34)46)26-6-3-24(38)4-7-26/h3-9,11,15-17,20,22,44H,2,10,12-14,18-19,21H2,1H3,(H,41,45). The SMILES string of the molecule is COc1cc2c(Oc3ccc(NC(=O)c4c5c(cn(-c6ccc(F)cc6)c4=O)CCO5)cc3F)ccnc2cc1OCCCN1CC(CO)C1. The molecule has 2 aliphatic rings. The van der Waals surface area contributed by atoms with Gasteiger partial charge in [0.1, 0.15) is 22.9 Å². The lowest BCUT2D eigenvalue weighted by atomic mass is 10.0. The lowest BCUT2D eigenvalue weighted by Crippen LogP contribution is -2.48. The van der Waals surface area contributed by atoms with Gasteiger partial charge in [-0.1, -0.05) is 0 Å². The zero-order valence-electron chi connectivity index (χ0n) is 27.2. The number of aromatic nitrogens is 2. The summed E-state index contributed by atoms with van der Waals surface area (Å²) in [6, 6.07) is 14.3. The molecule has 1 amide bonds. The highest BCUT2D eigenvalue weighted by Crippen LogP contribution is 2.38. The Bertz CT molecular complexity index is 2120. The lowest BCUT2D eigenvalue weighted by Gasteiger charge is -2.38. The Morgan fingerprint density at radius 3 is 2.62 bits per heavy atom. The molecular weight excluding hydrogens is 650 g/mol. The number of ether oxygens (including phenoxy) is 4. The average Bonchev–Trinajstić information content (AvgIpc) is 3.56. The summed E-state index contributed by atoms with van der Waals surface area (Å²) < 4.78 is 53.4. The number of aliphatic hydroxyl groups is 1. The van der Waals surface area contributed by atoms with Gasteiger partial charge >= 0.3 is 0 Å². The molecule has 11 nitrogen and oxygen atoms in total. The maximum absolute atomic E-state index is 15.4. The van der Waals surface area contributed by atoms with Crippen LogP contribution in [0.25, 0.3) is 16.6 Å². The van der Waals surface area contributed by atoms with E-state index in [1.54, 1.807) is 30.6 Å². The molecule has 2 aliphatic heterocycles. The molecule has 0 bridgehead atoms. The Labute approximate surface area is 285 Å². The molecule has 1 fully saturated rings. The van der Waals surface area contributed by atoms with Crippen LogP contribution in [0.5, 0.6) is 28.7 Å². The van der Waals surface area contributed by atoms with Crippen molar-refractivity contribution in [3.63, 3.8) is 0 Å². The highest BCUT2D eigenvalue weighted by Gasteiger charge is 2.28. The molecule has 0 radical (unpaired) electrons. The molecule has 2 aromatic heterocycles. The van der Waals surface area contributed by atoms with E-state index in [2.05, 4.69) is 15.2 Å². The highest BCUT2D eigenvalue weighted by molar-refractivity contribution is 6.06. The number of hydrogen-bond acceptors (Lipinski definition) is 9. The fourth-order valence-corrected chi connectivity index (χ4v) is 6.16. The molecular formula is C37H34F2N4O7. The van der Waals surface area contributed by atoms with Gasteiger partial charge in [0.25, 0.3) is 11.5 Å². The summed E-state index contributed by atoms with van der Waals surface area (Å²) in [5, 5.41) is 12.4. The van der Waals surface area contributed by atoms with Gasteiger partial charge in [-0.2, -0.15) is 0 Å². The van der Waals surface area contributed by atoms with Gasteiger partial charge in [-0.25, -0.2) is 8.78 Å². The number of carbonyl (C=O) groups is 1. The zero-order valence-corrected chi connectivity index (χ0v) is 27.2. The number of methoxy groups -OCH3 is 1. The van der Waals surface area contributed by atoms with Crippen LogP contribution in [-0.2, 0) is 6.42 Å². The number of rotatable bonds is 12. The van der Waals surface area contributed by atoms with Gasteiger partial charge in [-0.05, 0) is 55.0 Å². The molecule has 5 aromatic rings. The number of benzene rings is 3. The second kappa shape index (κ2) is 14.1. The van der Waals surface area contributed by atoms with Crippen LogP contribution in [0.1, 0.15) is 22.3 Å². The molecule has 13 heteroatoms. The van der Waals surface area contributed by atoms with Gasteiger partial charge < -0.3 is 34.3 Å². The third-order valence-electron chi connectivity index (χ3n) is 8.75. The number of pyridine rings is 2. The molecule has 0 spiro atoms. The van der Waals surface area contributed by atoms with Crippen molar-refractivity contribution in [3.05, 3.63) is 106 Å².